The number of carbonyl (C=O) groups is 1. The summed E-state index contributed by atoms with van der Waals surface area (Å²) in [6.45, 7) is 2.58. The first kappa shape index (κ1) is 17.0. The first-order valence-corrected chi connectivity index (χ1v) is 8.72. The van der Waals surface area contributed by atoms with Gasteiger partial charge < -0.3 is 10.2 Å². The number of hydrogen-bond donors (Lipinski definition) is 1. The van der Waals surface area contributed by atoms with Crippen LogP contribution in [0, 0.1) is 5.92 Å². The Hall–Kier alpha value is -0.820. The molecule has 132 valence electrons. The molecule has 3 aliphatic rings. The summed E-state index contributed by atoms with van der Waals surface area (Å²) in [6, 6.07) is -1.11. The molecule has 2 aliphatic heterocycles. The van der Waals surface area contributed by atoms with Crippen LogP contribution in [0.5, 0.6) is 0 Å². The van der Waals surface area contributed by atoms with Crippen molar-refractivity contribution in [3.63, 3.8) is 0 Å². The molecule has 4 unspecified atom stereocenters. The Kier molecular flexibility index (Phi) is 4.88. The second kappa shape index (κ2) is 6.59. The number of nitrogens with zero attached hydrogens (tertiary/aromatic N) is 2. The second-order valence-electron chi connectivity index (χ2n) is 7.18. The molecule has 1 aliphatic carbocycles. The lowest BCUT2D eigenvalue weighted by atomic mass is 9.85. The Labute approximate surface area is 135 Å². The molecule has 0 radical (unpaired) electrons. The molecule has 23 heavy (non-hydrogen) atoms. The van der Waals surface area contributed by atoms with Crippen LogP contribution in [-0.4, -0.2) is 66.2 Å². The predicted molar refractivity (Wildman–Crippen MR) is 81.0 cm³/mol. The van der Waals surface area contributed by atoms with E-state index in [-0.39, 0.29) is 11.9 Å². The van der Waals surface area contributed by atoms with Gasteiger partial charge in [-0.15, -0.1) is 0 Å². The van der Waals surface area contributed by atoms with Crippen LogP contribution in [0.15, 0.2) is 0 Å². The summed E-state index contributed by atoms with van der Waals surface area (Å²) in [4.78, 5) is 15.8. The molecule has 3 rings (SSSR count). The van der Waals surface area contributed by atoms with Gasteiger partial charge in [0.2, 0.25) is 5.91 Å². The van der Waals surface area contributed by atoms with E-state index in [1.807, 2.05) is 0 Å². The number of alkyl halides is 3. The summed E-state index contributed by atoms with van der Waals surface area (Å²) in [5, 5.41) is 3.46. The van der Waals surface area contributed by atoms with Crippen molar-refractivity contribution in [2.45, 2.75) is 63.3 Å². The molecular formula is C16H26F3N3O. The van der Waals surface area contributed by atoms with E-state index in [0.29, 0.717) is 38.1 Å². The van der Waals surface area contributed by atoms with Gasteiger partial charge in [0.1, 0.15) is 6.04 Å². The number of rotatable bonds is 2. The Morgan fingerprint density at radius 2 is 1.78 bits per heavy atom. The third kappa shape index (κ3) is 3.65. The van der Waals surface area contributed by atoms with Gasteiger partial charge in [0.25, 0.3) is 0 Å². The fraction of sp³-hybridized carbons (Fsp3) is 0.938. The molecule has 0 spiro atoms. The van der Waals surface area contributed by atoms with Crippen LogP contribution in [0.25, 0.3) is 0 Å². The SMILES string of the molecule is CC(N1CCN(C(=O)C2CC3CCCCC3N2)CC1)C(F)(F)F. The smallest absolute Gasteiger partial charge is 0.339 e. The monoisotopic (exact) mass is 333 g/mol. The van der Waals surface area contributed by atoms with E-state index in [0.717, 1.165) is 12.8 Å². The van der Waals surface area contributed by atoms with Crippen molar-refractivity contribution in [3.05, 3.63) is 0 Å². The molecule has 4 atom stereocenters. The number of halogens is 3. The molecule has 7 heteroatoms. The molecule has 3 fully saturated rings. The van der Waals surface area contributed by atoms with Crippen LogP contribution >= 0.6 is 0 Å². The first-order valence-electron chi connectivity index (χ1n) is 8.72. The zero-order valence-electron chi connectivity index (χ0n) is 13.6. The summed E-state index contributed by atoms with van der Waals surface area (Å²) >= 11 is 0. The highest BCUT2D eigenvalue weighted by Gasteiger charge is 2.43. The topological polar surface area (TPSA) is 35.6 Å². The Bertz CT molecular complexity index is 421. The van der Waals surface area contributed by atoms with E-state index in [9.17, 15) is 18.0 Å². The van der Waals surface area contributed by atoms with Gasteiger partial charge in [-0.1, -0.05) is 12.8 Å². The highest BCUT2D eigenvalue weighted by atomic mass is 19.4. The maximum atomic E-state index is 12.8. The lowest BCUT2D eigenvalue weighted by molar-refractivity contribution is -0.183. The molecular weight excluding hydrogens is 307 g/mol. The van der Waals surface area contributed by atoms with E-state index >= 15 is 0 Å². The fourth-order valence-electron chi connectivity index (χ4n) is 4.27. The molecule has 4 nitrogen and oxygen atoms in total. The third-order valence-corrected chi connectivity index (χ3v) is 5.81. The molecule has 1 saturated carbocycles. The lowest BCUT2D eigenvalue weighted by Crippen LogP contribution is -2.57. The quantitative estimate of drug-likeness (QED) is 0.840. The van der Waals surface area contributed by atoms with Crippen LogP contribution < -0.4 is 5.32 Å². The van der Waals surface area contributed by atoms with Crippen LogP contribution in [0.3, 0.4) is 0 Å². The minimum atomic E-state index is -4.20. The number of piperazine rings is 1. The first-order chi connectivity index (χ1) is 10.9. The number of nitrogens with one attached hydrogen (secondary N) is 1. The average molecular weight is 333 g/mol. The van der Waals surface area contributed by atoms with Crippen molar-refractivity contribution < 1.29 is 18.0 Å². The summed E-state index contributed by atoms with van der Waals surface area (Å²) < 4.78 is 38.3. The van der Waals surface area contributed by atoms with Gasteiger partial charge in [0.05, 0.1) is 6.04 Å². The van der Waals surface area contributed by atoms with Crippen molar-refractivity contribution in [3.8, 4) is 0 Å². The largest absolute Gasteiger partial charge is 0.403 e. The molecule has 0 aromatic rings. The Morgan fingerprint density at radius 3 is 2.39 bits per heavy atom. The van der Waals surface area contributed by atoms with Gasteiger partial charge in [-0.05, 0) is 32.1 Å². The summed E-state index contributed by atoms with van der Waals surface area (Å²) in [5.41, 5.74) is 0. The van der Waals surface area contributed by atoms with Gasteiger partial charge in [-0.2, -0.15) is 13.2 Å². The van der Waals surface area contributed by atoms with Crippen LogP contribution in [0.2, 0.25) is 0 Å². The maximum Gasteiger partial charge on any atom is 0.403 e. The molecule has 2 saturated heterocycles. The lowest BCUT2D eigenvalue weighted by Gasteiger charge is -2.39. The van der Waals surface area contributed by atoms with E-state index < -0.39 is 12.2 Å². The number of amides is 1. The molecule has 1 N–H and O–H groups in total. The van der Waals surface area contributed by atoms with Crippen LogP contribution in [-0.2, 0) is 4.79 Å². The van der Waals surface area contributed by atoms with E-state index in [1.165, 1.54) is 31.1 Å². The molecule has 0 aromatic carbocycles. The second-order valence-corrected chi connectivity index (χ2v) is 7.18. The van der Waals surface area contributed by atoms with Gasteiger partial charge in [-0.3, -0.25) is 9.69 Å². The highest BCUT2D eigenvalue weighted by Crippen LogP contribution is 2.34. The number of hydrogen-bond acceptors (Lipinski definition) is 3. The molecule has 0 aromatic heterocycles. The van der Waals surface area contributed by atoms with Crippen molar-refractivity contribution in [1.82, 2.24) is 15.1 Å². The number of fused-ring (bicyclic) bond motifs is 1. The summed E-state index contributed by atoms with van der Waals surface area (Å²) in [7, 11) is 0. The Balaban J connectivity index is 1.51. The minimum Gasteiger partial charge on any atom is -0.339 e. The molecule has 0 bridgehead atoms. The standard InChI is InChI=1S/C16H26F3N3O/c1-11(16(17,18)19)21-6-8-22(9-7-21)15(23)14-10-12-4-2-3-5-13(12)20-14/h11-14,20H,2-10H2,1H3. The fourth-order valence-corrected chi connectivity index (χ4v) is 4.27. The Morgan fingerprint density at radius 1 is 1.13 bits per heavy atom. The van der Waals surface area contributed by atoms with Crippen molar-refractivity contribution in [2.75, 3.05) is 26.2 Å². The zero-order valence-corrected chi connectivity index (χ0v) is 13.6. The van der Waals surface area contributed by atoms with Gasteiger partial charge in [-0.25, -0.2) is 0 Å². The zero-order chi connectivity index (χ0) is 16.6. The summed E-state index contributed by atoms with van der Waals surface area (Å²) in [6.07, 6.45) is 1.50. The van der Waals surface area contributed by atoms with E-state index in [2.05, 4.69) is 5.32 Å². The third-order valence-electron chi connectivity index (χ3n) is 5.81. The molecule has 1 amide bonds. The van der Waals surface area contributed by atoms with Gasteiger partial charge >= 0.3 is 6.18 Å². The van der Waals surface area contributed by atoms with Gasteiger partial charge in [0.15, 0.2) is 0 Å². The van der Waals surface area contributed by atoms with E-state index in [1.54, 1.807) is 4.90 Å². The van der Waals surface area contributed by atoms with Crippen LogP contribution in [0.1, 0.15) is 39.0 Å². The van der Waals surface area contributed by atoms with E-state index in [4.69, 9.17) is 0 Å². The van der Waals surface area contributed by atoms with Crippen LogP contribution in [0.4, 0.5) is 13.2 Å². The van der Waals surface area contributed by atoms with Gasteiger partial charge in [0, 0.05) is 32.2 Å². The molecule has 2 heterocycles. The van der Waals surface area contributed by atoms with Crippen molar-refractivity contribution in [2.24, 2.45) is 5.92 Å². The minimum absolute atomic E-state index is 0.0821. The summed E-state index contributed by atoms with van der Waals surface area (Å²) in [5.74, 6) is 0.683. The van der Waals surface area contributed by atoms with Crippen molar-refractivity contribution >= 4 is 5.91 Å². The number of carbonyl (C=O) groups excluding carboxylic acids is 1. The predicted octanol–water partition coefficient (Wildman–Crippen LogP) is 2.00. The average Bonchev–Trinajstić information content (AvgIpc) is 2.96. The highest BCUT2D eigenvalue weighted by molar-refractivity contribution is 5.82. The van der Waals surface area contributed by atoms with Crippen molar-refractivity contribution in [1.29, 1.82) is 0 Å². The maximum absolute atomic E-state index is 12.8. The normalized spacial score (nSPS) is 34.3.